The van der Waals surface area contributed by atoms with Gasteiger partial charge in [-0.2, -0.15) is 29.9 Å². The maximum Gasteiger partial charge on any atom is 0.233 e. The molecule has 4 heterocycles. The van der Waals surface area contributed by atoms with Gasteiger partial charge in [0.1, 0.15) is 11.5 Å². The van der Waals surface area contributed by atoms with Crippen molar-refractivity contribution in [1.29, 1.82) is 0 Å². The summed E-state index contributed by atoms with van der Waals surface area (Å²) in [5, 5.41) is 9.81. The van der Waals surface area contributed by atoms with E-state index >= 15 is 0 Å². The highest BCUT2D eigenvalue weighted by molar-refractivity contribution is 6.31. The summed E-state index contributed by atoms with van der Waals surface area (Å²) in [6, 6.07) is 14.5. The van der Waals surface area contributed by atoms with Crippen LogP contribution in [0.15, 0.2) is 69.9 Å². The Morgan fingerprint density at radius 2 is 1.05 bits per heavy atom. The Kier molecular flexibility index (Phi) is 9.33. The Morgan fingerprint density at radius 3 is 1.57 bits per heavy atom. The Morgan fingerprint density at radius 1 is 0.568 bits per heavy atom. The average molecular weight is 581 g/mol. The average Bonchev–Trinajstić information content (AvgIpc) is 3.57. The van der Waals surface area contributed by atoms with E-state index in [-0.39, 0.29) is 15.9 Å². The van der Waals surface area contributed by atoms with E-state index in [1.54, 1.807) is 30.7 Å². The first-order valence-electron chi connectivity index (χ1n) is 10.5. The first-order valence-corrected chi connectivity index (χ1v) is 12.0. The van der Waals surface area contributed by atoms with Crippen LogP contribution in [0.4, 0.5) is 23.5 Å². The van der Waals surface area contributed by atoms with Crippen LogP contribution in [-0.2, 0) is 13.1 Å². The number of nitrogens with zero attached hydrogens (tertiary/aromatic N) is 6. The number of furan rings is 2. The molecule has 4 aromatic heterocycles. The summed E-state index contributed by atoms with van der Waals surface area (Å²) in [5.74, 6) is 2.54. The monoisotopic (exact) mass is 579 g/mol. The summed E-state index contributed by atoms with van der Waals surface area (Å²) in [7, 11) is 0. The molecule has 0 aliphatic carbocycles. The fourth-order valence-corrected chi connectivity index (χ4v) is 3.36. The van der Waals surface area contributed by atoms with Gasteiger partial charge in [-0.3, -0.25) is 0 Å². The van der Waals surface area contributed by atoms with E-state index in [2.05, 4.69) is 45.9 Å². The molecule has 0 saturated heterocycles. The largest absolute Gasteiger partial charge is 0.467 e. The van der Waals surface area contributed by atoms with Crippen LogP contribution < -0.4 is 16.0 Å². The summed E-state index contributed by atoms with van der Waals surface area (Å²) in [4.78, 5) is 23.6. The normalized spacial score (nSPS) is 10.4. The van der Waals surface area contributed by atoms with Crippen molar-refractivity contribution in [3.63, 3.8) is 0 Å². The number of benzene rings is 1. The van der Waals surface area contributed by atoms with Crippen molar-refractivity contribution in [2.45, 2.75) is 13.1 Å². The SMILES string of the molecule is Clc1ccc(Nc2nc(Cl)nc(NCc3ccco3)n2)cc1.Clc1nc(Cl)nc(NCc2ccco2)n1. The van der Waals surface area contributed by atoms with Crippen molar-refractivity contribution in [3.8, 4) is 0 Å². The minimum Gasteiger partial charge on any atom is -0.467 e. The summed E-state index contributed by atoms with van der Waals surface area (Å²) >= 11 is 23.0. The van der Waals surface area contributed by atoms with Gasteiger partial charge >= 0.3 is 0 Å². The zero-order chi connectivity index (χ0) is 26.0. The van der Waals surface area contributed by atoms with Crippen LogP contribution in [0.25, 0.3) is 0 Å². The molecule has 0 fully saturated rings. The summed E-state index contributed by atoms with van der Waals surface area (Å²) in [6.45, 7) is 0.914. The Bertz CT molecular complexity index is 1380. The van der Waals surface area contributed by atoms with Gasteiger partial charge in [-0.25, -0.2) is 0 Å². The van der Waals surface area contributed by atoms with Crippen LogP contribution in [-0.4, -0.2) is 29.9 Å². The van der Waals surface area contributed by atoms with Gasteiger partial charge in [-0.1, -0.05) is 11.6 Å². The Labute approximate surface area is 230 Å². The molecule has 0 spiro atoms. The van der Waals surface area contributed by atoms with Gasteiger partial charge in [0.05, 0.1) is 25.6 Å². The Hall–Kier alpha value is -3.64. The smallest absolute Gasteiger partial charge is 0.233 e. The van der Waals surface area contributed by atoms with Crippen LogP contribution in [0.2, 0.25) is 20.9 Å². The Balaban J connectivity index is 0.000000186. The second-order valence-electron chi connectivity index (χ2n) is 6.95. The van der Waals surface area contributed by atoms with E-state index in [0.717, 1.165) is 17.2 Å². The molecule has 0 radical (unpaired) electrons. The number of hydrogen-bond acceptors (Lipinski definition) is 11. The van der Waals surface area contributed by atoms with Gasteiger partial charge < -0.3 is 24.8 Å². The third-order valence-corrected chi connectivity index (χ3v) is 5.05. The fraction of sp³-hybridized carbons (Fsp3) is 0.0909. The molecule has 190 valence electrons. The maximum atomic E-state index is 5.92. The van der Waals surface area contributed by atoms with E-state index in [0.29, 0.717) is 36.0 Å². The first kappa shape index (κ1) is 26.4. The maximum absolute atomic E-state index is 5.92. The molecule has 0 amide bonds. The van der Waals surface area contributed by atoms with Gasteiger partial charge in [-0.15, -0.1) is 0 Å². The minimum absolute atomic E-state index is 0.0527. The lowest BCUT2D eigenvalue weighted by Gasteiger charge is -2.07. The first-order chi connectivity index (χ1) is 17.9. The van der Waals surface area contributed by atoms with Crippen molar-refractivity contribution in [1.82, 2.24) is 29.9 Å². The number of rotatable bonds is 8. The van der Waals surface area contributed by atoms with Crippen molar-refractivity contribution < 1.29 is 8.83 Å². The third kappa shape index (κ3) is 8.76. The highest BCUT2D eigenvalue weighted by atomic mass is 35.5. The number of aromatic nitrogens is 6. The fourth-order valence-electron chi connectivity index (χ4n) is 2.71. The third-order valence-electron chi connectivity index (χ3n) is 4.29. The lowest BCUT2D eigenvalue weighted by Crippen LogP contribution is -2.06. The second-order valence-corrected chi connectivity index (χ2v) is 8.40. The second kappa shape index (κ2) is 13.1. The van der Waals surface area contributed by atoms with E-state index in [1.165, 1.54) is 0 Å². The molecule has 15 heteroatoms. The van der Waals surface area contributed by atoms with Gasteiger partial charge in [0, 0.05) is 10.7 Å². The van der Waals surface area contributed by atoms with Gasteiger partial charge in [0.25, 0.3) is 0 Å². The molecule has 0 aliphatic heterocycles. The van der Waals surface area contributed by atoms with Gasteiger partial charge in [0.15, 0.2) is 0 Å². The van der Waals surface area contributed by atoms with Crippen LogP contribution in [0.3, 0.4) is 0 Å². The zero-order valence-electron chi connectivity index (χ0n) is 18.7. The predicted molar refractivity (Wildman–Crippen MR) is 141 cm³/mol. The van der Waals surface area contributed by atoms with Gasteiger partial charge in [0.2, 0.25) is 33.7 Å². The highest BCUT2D eigenvalue weighted by Crippen LogP contribution is 2.18. The van der Waals surface area contributed by atoms with Crippen LogP contribution in [0, 0.1) is 0 Å². The predicted octanol–water partition coefficient (Wildman–Crippen LogP) is 6.51. The van der Waals surface area contributed by atoms with Crippen LogP contribution in [0.1, 0.15) is 11.5 Å². The molecule has 3 N–H and O–H groups in total. The molecule has 11 nitrogen and oxygen atoms in total. The van der Waals surface area contributed by atoms with E-state index < -0.39 is 0 Å². The molecule has 0 atom stereocenters. The molecule has 0 unspecified atom stereocenters. The molecule has 5 rings (SSSR count). The summed E-state index contributed by atoms with van der Waals surface area (Å²) < 4.78 is 10.3. The van der Waals surface area contributed by atoms with E-state index in [1.807, 2.05) is 30.3 Å². The number of hydrogen-bond donors (Lipinski definition) is 3. The van der Waals surface area contributed by atoms with Crippen molar-refractivity contribution in [2.24, 2.45) is 0 Å². The lowest BCUT2D eigenvalue weighted by atomic mass is 10.3. The molecule has 37 heavy (non-hydrogen) atoms. The highest BCUT2D eigenvalue weighted by Gasteiger charge is 2.07. The molecule has 0 aliphatic rings. The lowest BCUT2D eigenvalue weighted by molar-refractivity contribution is 0.517. The van der Waals surface area contributed by atoms with Crippen molar-refractivity contribution in [2.75, 3.05) is 16.0 Å². The van der Waals surface area contributed by atoms with Crippen LogP contribution >= 0.6 is 46.4 Å². The van der Waals surface area contributed by atoms with E-state index in [9.17, 15) is 0 Å². The molecule has 0 bridgehead atoms. The molecular weight excluding hydrogens is 564 g/mol. The van der Waals surface area contributed by atoms with Crippen molar-refractivity contribution >= 4 is 69.9 Å². The quantitative estimate of drug-likeness (QED) is 0.185. The summed E-state index contributed by atoms with van der Waals surface area (Å²) in [5.41, 5.74) is 0.795. The zero-order valence-corrected chi connectivity index (χ0v) is 21.7. The molecule has 0 saturated carbocycles. The van der Waals surface area contributed by atoms with Crippen LogP contribution in [0.5, 0.6) is 0 Å². The number of halogens is 4. The molecular formula is C22H17Cl4N9O2. The number of nitrogens with one attached hydrogen (secondary N) is 3. The minimum atomic E-state index is 0.0527. The van der Waals surface area contributed by atoms with Gasteiger partial charge in [-0.05, 0) is 83.3 Å². The topological polar surface area (TPSA) is 140 Å². The van der Waals surface area contributed by atoms with Crippen molar-refractivity contribution in [3.05, 3.63) is 93.5 Å². The molecule has 1 aromatic carbocycles. The number of anilines is 4. The summed E-state index contributed by atoms with van der Waals surface area (Å²) in [6.07, 6.45) is 3.19. The molecule has 5 aromatic rings. The van der Waals surface area contributed by atoms with E-state index in [4.69, 9.17) is 55.2 Å². The standard InChI is InChI=1S/C14H11Cl2N5O.C8H6Cl2N4O/c15-9-3-5-10(6-4-9)18-14-20-12(16)19-13(21-14)17-8-11-2-1-7-22-11;9-6-12-7(10)14-8(13-6)11-4-5-2-1-3-15-5/h1-7H,8H2,(H2,17,18,19,20,21);1-3H,4H2,(H,11,12,13,14).